The highest BCUT2D eigenvalue weighted by Gasteiger charge is 2.24. The molecular weight excluding hydrogens is 400 g/mol. The van der Waals surface area contributed by atoms with Gasteiger partial charge in [-0.2, -0.15) is 5.26 Å². The number of hydrogen-bond acceptors (Lipinski definition) is 5. The van der Waals surface area contributed by atoms with Crippen LogP contribution in [0.25, 0.3) is 0 Å². The van der Waals surface area contributed by atoms with E-state index in [2.05, 4.69) is 47.5 Å². The van der Waals surface area contributed by atoms with Crippen LogP contribution >= 0.6 is 0 Å². The maximum absolute atomic E-state index is 12.8. The molecule has 2 aliphatic heterocycles. The lowest BCUT2D eigenvalue weighted by Crippen LogP contribution is -2.48. The molecule has 0 saturated carbocycles. The number of nitrogens with one attached hydrogen (secondary N) is 1. The minimum Gasteiger partial charge on any atom is -0.490 e. The third kappa shape index (κ3) is 6.09. The van der Waals surface area contributed by atoms with E-state index >= 15 is 0 Å². The molecule has 1 amide bonds. The molecule has 168 valence electrons. The molecule has 0 aliphatic carbocycles. The first-order valence-electron chi connectivity index (χ1n) is 11.6. The topological polar surface area (TPSA) is 68.6 Å². The Balaban J connectivity index is 1.21. The summed E-state index contributed by atoms with van der Waals surface area (Å²) in [5, 5.41) is 12.4. The van der Waals surface area contributed by atoms with Gasteiger partial charge in [0.1, 0.15) is 11.9 Å². The van der Waals surface area contributed by atoms with Crippen LogP contribution in [0, 0.1) is 11.3 Å². The van der Waals surface area contributed by atoms with Crippen LogP contribution in [0.3, 0.4) is 0 Å². The zero-order valence-corrected chi connectivity index (χ0v) is 18.8. The monoisotopic (exact) mass is 432 g/mol. The molecule has 0 aromatic heterocycles. The molecule has 32 heavy (non-hydrogen) atoms. The molecule has 0 radical (unpaired) electrons. The highest BCUT2D eigenvalue weighted by atomic mass is 16.5. The molecular formula is C26H32N4O2. The minimum atomic E-state index is 0.110. The summed E-state index contributed by atoms with van der Waals surface area (Å²) in [6.45, 7) is 7.83. The molecule has 0 unspecified atom stereocenters. The fraction of sp³-hybridized carbons (Fsp3) is 0.462. The van der Waals surface area contributed by atoms with E-state index in [0.29, 0.717) is 18.0 Å². The summed E-state index contributed by atoms with van der Waals surface area (Å²) in [6.07, 6.45) is 2.22. The van der Waals surface area contributed by atoms with Crippen LogP contribution in [-0.4, -0.2) is 60.6 Å². The molecule has 1 atom stereocenters. The summed E-state index contributed by atoms with van der Waals surface area (Å²) in [7, 11) is 0. The maximum atomic E-state index is 12.8. The smallest absolute Gasteiger partial charge is 0.226 e. The summed E-state index contributed by atoms with van der Waals surface area (Å²) in [5.41, 5.74) is 3.00. The van der Waals surface area contributed by atoms with Crippen molar-refractivity contribution in [2.75, 3.05) is 32.7 Å². The van der Waals surface area contributed by atoms with Gasteiger partial charge < -0.3 is 15.0 Å². The molecule has 2 aromatic carbocycles. The predicted molar refractivity (Wildman–Crippen MR) is 124 cm³/mol. The number of hydrogen-bond donors (Lipinski definition) is 1. The van der Waals surface area contributed by atoms with Crippen LogP contribution in [0.15, 0.2) is 48.5 Å². The van der Waals surface area contributed by atoms with Crippen molar-refractivity contribution in [1.29, 1.82) is 5.26 Å². The molecule has 2 heterocycles. The largest absolute Gasteiger partial charge is 0.490 e. The number of nitrogens with zero attached hydrogens (tertiary/aromatic N) is 3. The summed E-state index contributed by atoms with van der Waals surface area (Å²) >= 11 is 0. The maximum Gasteiger partial charge on any atom is 0.226 e. The first-order chi connectivity index (χ1) is 15.6. The van der Waals surface area contributed by atoms with Crippen molar-refractivity contribution in [3.05, 3.63) is 65.2 Å². The predicted octanol–water partition coefficient (Wildman–Crippen LogP) is 2.96. The van der Waals surface area contributed by atoms with E-state index in [-0.39, 0.29) is 12.0 Å². The van der Waals surface area contributed by atoms with Gasteiger partial charge in [0.2, 0.25) is 5.91 Å². The van der Waals surface area contributed by atoms with E-state index in [1.165, 1.54) is 5.56 Å². The molecule has 6 nitrogen and oxygen atoms in total. The molecule has 1 N–H and O–H groups in total. The quantitative estimate of drug-likeness (QED) is 0.760. The molecule has 2 fully saturated rings. The van der Waals surface area contributed by atoms with Crippen LogP contribution in [0.4, 0.5) is 0 Å². The zero-order valence-electron chi connectivity index (χ0n) is 18.8. The normalized spacial score (nSPS) is 20.0. The Labute approximate surface area is 190 Å². The first-order valence-corrected chi connectivity index (χ1v) is 11.6. The average molecular weight is 433 g/mol. The van der Waals surface area contributed by atoms with Gasteiger partial charge in [0, 0.05) is 58.2 Å². The number of amides is 1. The van der Waals surface area contributed by atoms with Crippen LogP contribution in [-0.2, 0) is 17.8 Å². The number of piperazine rings is 1. The highest BCUT2D eigenvalue weighted by Crippen LogP contribution is 2.20. The second-order valence-electron chi connectivity index (χ2n) is 8.92. The minimum absolute atomic E-state index is 0.110. The number of carbonyl (C=O) groups excluding carboxylic acids is 1. The Kier molecular flexibility index (Phi) is 7.41. The lowest BCUT2D eigenvalue weighted by Gasteiger charge is -2.32. The van der Waals surface area contributed by atoms with Crippen molar-refractivity contribution >= 4 is 5.91 Å². The summed E-state index contributed by atoms with van der Waals surface area (Å²) in [4.78, 5) is 17.2. The average Bonchev–Trinajstić information content (AvgIpc) is 2.81. The molecule has 2 aromatic rings. The van der Waals surface area contributed by atoms with E-state index in [1.54, 1.807) is 12.1 Å². The van der Waals surface area contributed by atoms with Crippen LogP contribution in [0.5, 0.6) is 5.75 Å². The van der Waals surface area contributed by atoms with E-state index < -0.39 is 0 Å². The number of likely N-dealkylation sites (tertiary alicyclic amines) is 1. The van der Waals surface area contributed by atoms with Crippen molar-refractivity contribution < 1.29 is 9.53 Å². The Hall–Kier alpha value is -2.88. The molecule has 0 spiro atoms. The first kappa shape index (κ1) is 22.3. The van der Waals surface area contributed by atoms with Gasteiger partial charge in [-0.15, -0.1) is 0 Å². The fourth-order valence-corrected chi connectivity index (χ4v) is 4.49. The van der Waals surface area contributed by atoms with E-state index in [9.17, 15) is 4.79 Å². The Morgan fingerprint density at radius 3 is 2.41 bits per heavy atom. The van der Waals surface area contributed by atoms with Gasteiger partial charge in [0.15, 0.2) is 0 Å². The van der Waals surface area contributed by atoms with Crippen LogP contribution in [0.2, 0.25) is 0 Å². The molecule has 6 heteroatoms. The lowest BCUT2D eigenvalue weighted by atomic mass is 10.0. The Bertz CT molecular complexity index is 928. The van der Waals surface area contributed by atoms with E-state index in [4.69, 9.17) is 10.00 Å². The van der Waals surface area contributed by atoms with Gasteiger partial charge >= 0.3 is 0 Å². The standard InChI is InChI=1S/C26H32N4O2/c1-20-18-29(15-12-28-20)19-23-4-2-21(3-5-23)16-26(31)30-13-10-25(11-14-30)32-24-8-6-22(17-27)7-9-24/h2-9,20,25,28H,10-16,18-19H2,1H3/t20-/m1/s1. The number of piperidine rings is 1. The van der Waals surface area contributed by atoms with Gasteiger partial charge in [0.25, 0.3) is 0 Å². The SMILES string of the molecule is C[C@@H]1CN(Cc2ccc(CC(=O)N3CCC(Oc4ccc(C#N)cc4)CC3)cc2)CCN1. The van der Waals surface area contributed by atoms with Gasteiger partial charge in [-0.3, -0.25) is 9.69 Å². The van der Waals surface area contributed by atoms with Crippen molar-refractivity contribution in [3.63, 3.8) is 0 Å². The number of rotatable bonds is 6. The third-order valence-electron chi connectivity index (χ3n) is 6.32. The number of carbonyl (C=O) groups is 1. The molecule has 2 saturated heterocycles. The van der Waals surface area contributed by atoms with Crippen LogP contribution < -0.4 is 10.1 Å². The lowest BCUT2D eigenvalue weighted by molar-refractivity contribution is -0.132. The summed E-state index contributed by atoms with van der Waals surface area (Å²) in [5.74, 6) is 0.967. The third-order valence-corrected chi connectivity index (χ3v) is 6.32. The summed E-state index contributed by atoms with van der Waals surface area (Å²) < 4.78 is 6.03. The van der Waals surface area contributed by atoms with Crippen molar-refractivity contribution in [3.8, 4) is 11.8 Å². The fourth-order valence-electron chi connectivity index (χ4n) is 4.49. The molecule has 2 aliphatic rings. The number of ether oxygens (including phenoxy) is 1. The molecule has 4 rings (SSSR count). The van der Waals surface area contributed by atoms with E-state index in [1.807, 2.05) is 17.0 Å². The van der Waals surface area contributed by atoms with Gasteiger partial charge in [-0.05, 0) is 42.3 Å². The Morgan fingerprint density at radius 1 is 1.06 bits per heavy atom. The number of benzene rings is 2. The summed E-state index contributed by atoms with van der Waals surface area (Å²) in [6, 6.07) is 18.4. The van der Waals surface area contributed by atoms with E-state index in [0.717, 1.165) is 63.4 Å². The van der Waals surface area contributed by atoms with Crippen molar-refractivity contribution in [2.24, 2.45) is 0 Å². The van der Waals surface area contributed by atoms with Gasteiger partial charge in [0.05, 0.1) is 18.1 Å². The van der Waals surface area contributed by atoms with Gasteiger partial charge in [-0.25, -0.2) is 0 Å². The zero-order chi connectivity index (χ0) is 22.3. The second-order valence-corrected chi connectivity index (χ2v) is 8.92. The van der Waals surface area contributed by atoms with Crippen molar-refractivity contribution in [2.45, 2.75) is 44.9 Å². The molecule has 0 bridgehead atoms. The number of nitriles is 1. The van der Waals surface area contributed by atoms with Crippen molar-refractivity contribution in [1.82, 2.24) is 15.1 Å². The van der Waals surface area contributed by atoms with Gasteiger partial charge in [-0.1, -0.05) is 24.3 Å². The Morgan fingerprint density at radius 2 is 1.75 bits per heavy atom. The van der Waals surface area contributed by atoms with Crippen LogP contribution in [0.1, 0.15) is 36.5 Å². The second kappa shape index (κ2) is 10.6. The highest BCUT2D eigenvalue weighted by molar-refractivity contribution is 5.78.